The first-order chi connectivity index (χ1) is 14.0. The van der Waals surface area contributed by atoms with Crippen molar-refractivity contribution in [2.45, 2.75) is 13.8 Å². The lowest BCUT2D eigenvalue weighted by molar-refractivity contribution is 0.390. The molecule has 0 bridgehead atoms. The van der Waals surface area contributed by atoms with Gasteiger partial charge in [-0.25, -0.2) is 4.98 Å². The molecule has 4 rings (SSSR count). The molecule has 1 N–H and O–H groups in total. The summed E-state index contributed by atoms with van der Waals surface area (Å²) in [7, 11) is 0. The van der Waals surface area contributed by atoms with Gasteiger partial charge in [0.1, 0.15) is 0 Å². The number of thiocarbonyl (C=S) groups is 1. The van der Waals surface area contributed by atoms with Gasteiger partial charge < -0.3 is 15.1 Å². The fraction of sp³-hybridized carbons (Fsp3) is 0.273. The third-order valence-electron chi connectivity index (χ3n) is 4.94. The Balaban J connectivity index is 1.35. The van der Waals surface area contributed by atoms with E-state index in [0.717, 1.165) is 58.4 Å². The van der Waals surface area contributed by atoms with E-state index in [-0.39, 0.29) is 0 Å². The molecular weight excluding hydrogens is 420 g/mol. The van der Waals surface area contributed by atoms with Crippen LogP contribution in [0.3, 0.4) is 0 Å². The standard InChI is InChI=1S/C22H23ClN4S2/c1-15-11-16(2)13-19(12-15)24-21(28)26-7-9-27(10-8-26)22-25-20(14-29-22)17-3-5-18(23)6-4-17/h3-6,11-14H,7-10H2,1-2H3,(H,24,28). The third-order valence-corrected chi connectivity index (χ3v) is 6.46. The normalized spacial score (nSPS) is 14.2. The van der Waals surface area contributed by atoms with Crippen LogP contribution in [0.1, 0.15) is 11.1 Å². The zero-order chi connectivity index (χ0) is 20.4. The second kappa shape index (κ2) is 8.69. The first-order valence-corrected chi connectivity index (χ1v) is 11.3. The molecule has 2 aromatic carbocycles. The Morgan fingerprint density at radius 1 is 1.03 bits per heavy atom. The summed E-state index contributed by atoms with van der Waals surface area (Å²) in [6, 6.07) is 14.2. The molecule has 0 aliphatic carbocycles. The van der Waals surface area contributed by atoms with Crippen LogP contribution in [0.15, 0.2) is 47.8 Å². The number of benzene rings is 2. The predicted molar refractivity (Wildman–Crippen MR) is 128 cm³/mol. The van der Waals surface area contributed by atoms with E-state index in [2.05, 4.69) is 52.5 Å². The van der Waals surface area contributed by atoms with E-state index in [1.165, 1.54) is 11.1 Å². The molecular formula is C22H23ClN4S2. The van der Waals surface area contributed by atoms with E-state index in [1.807, 2.05) is 24.3 Å². The number of thiazole rings is 1. The van der Waals surface area contributed by atoms with E-state index in [9.17, 15) is 0 Å². The smallest absolute Gasteiger partial charge is 0.185 e. The predicted octanol–water partition coefficient (Wildman–Crippen LogP) is 5.60. The van der Waals surface area contributed by atoms with Gasteiger partial charge in [-0.3, -0.25) is 0 Å². The molecule has 0 amide bonds. The zero-order valence-corrected chi connectivity index (χ0v) is 18.9. The SMILES string of the molecule is Cc1cc(C)cc(NC(=S)N2CCN(c3nc(-c4ccc(Cl)cc4)cs3)CC2)c1. The summed E-state index contributed by atoms with van der Waals surface area (Å²) in [6.45, 7) is 7.78. The van der Waals surface area contributed by atoms with Crippen LogP contribution in [0.2, 0.25) is 5.02 Å². The van der Waals surface area contributed by atoms with E-state index >= 15 is 0 Å². The van der Waals surface area contributed by atoms with E-state index in [1.54, 1.807) is 11.3 Å². The average molecular weight is 443 g/mol. The van der Waals surface area contributed by atoms with Crippen LogP contribution in [0, 0.1) is 13.8 Å². The van der Waals surface area contributed by atoms with Crippen LogP contribution in [0.4, 0.5) is 10.8 Å². The van der Waals surface area contributed by atoms with Crippen LogP contribution in [0.5, 0.6) is 0 Å². The summed E-state index contributed by atoms with van der Waals surface area (Å²) >= 11 is 13.3. The van der Waals surface area contributed by atoms with E-state index in [4.69, 9.17) is 28.8 Å². The highest BCUT2D eigenvalue weighted by Crippen LogP contribution is 2.29. The maximum atomic E-state index is 5.99. The maximum absolute atomic E-state index is 5.99. The fourth-order valence-electron chi connectivity index (χ4n) is 3.51. The van der Waals surface area contributed by atoms with Crippen LogP contribution < -0.4 is 10.2 Å². The molecule has 150 valence electrons. The molecule has 1 fully saturated rings. The zero-order valence-electron chi connectivity index (χ0n) is 16.5. The Labute approximate surface area is 186 Å². The number of nitrogens with zero attached hydrogens (tertiary/aromatic N) is 3. The van der Waals surface area contributed by atoms with Crippen LogP contribution in [-0.2, 0) is 0 Å². The molecule has 0 saturated carbocycles. The molecule has 0 spiro atoms. The van der Waals surface area contributed by atoms with Crippen molar-refractivity contribution in [1.82, 2.24) is 9.88 Å². The average Bonchev–Trinajstić information content (AvgIpc) is 3.18. The van der Waals surface area contributed by atoms with Crippen molar-refractivity contribution < 1.29 is 0 Å². The number of anilines is 2. The second-order valence-corrected chi connectivity index (χ2v) is 8.96. The number of aromatic nitrogens is 1. The maximum Gasteiger partial charge on any atom is 0.185 e. The number of hydrogen-bond acceptors (Lipinski definition) is 4. The highest BCUT2D eigenvalue weighted by molar-refractivity contribution is 7.80. The van der Waals surface area contributed by atoms with Gasteiger partial charge in [0, 0.05) is 47.8 Å². The fourth-order valence-corrected chi connectivity index (χ4v) is 4.83. The summed E-state index contributed by atoms with van der Waals surface area (Å²) in [5.74, 6) is 0. The van der Waals surface area contributed by atoms with Crippen molar-refractivity contribution in [3.63, 3.8) is 0 Å². The second-order valence-electron chi connectivity index (χ2n) is 7.30. The molecule has 0 atom stereocenters. The minimum absolute atomic E-state index is 0.741. The van der Waals surface area contributed by atoms with Crippen LogP contribution >= 0.6 is 35.2 Å². The van der Waals surface area contributed by atoms with Gasteiger partial charge in [-0.2, -0.15) is 0 Å². The lowest BCUT2D eigenvalue weighted by atomic mass is 10.1. The highest BCUT2D eigenvalue weighted by atomic mass is 35.5. The van der Waals surface area contributed by atoms with Gasteiger partial charge in [-0.15, -0.1) is 11.3 Å². The molecule has 29 heavy (non-hydrogen) atoms. The first kappa shape index (κ1) is 20.1. The minimum Gasteiger partial charge on any atom is -0.345 e. The van der Waals surface area contributed by atoms with E-state index < -0.39 is 0 Å². The lowest BCUT2D eigenvalue weighted by Gasteiger charge is -2.36. The summed E-state index contributed by atoms with van der Waals surface area (Å²) < 4.78 is 0. The third kappa shape index (κ3) is 4.89. The Bertz CT molecular complexity index is 988. The van der Waals surface area contributed by atoms with Crippen molar-refractivity contribution in [1.29, 1.82) is 0 Å². The number of piperazine rings is 1. The van der Waals surface area contributed by atoms with Crippen molar-refractivity contribution in [2.75, 3.05) is 36.4 Å². The Morgan fingerprint density at radius 3 is 2.34 bits per heavy atom. The molecule has 0 radical (unpaired) electrons. The quantitative estimate of drug-likeness (QED) is 0.533. The highest BCUT2D eigenvalue weighted by Gasteiger charge is 2.21. The number of rotatable bonds is 3. The summed E-state index contributed by atoms with van der Waals surface area (Å²) in [6.07, 6.45) is 0. The number of nitrogens with one attached hydrogen (secondary N) is 1. The van der Waals surface area contributed by atoms with Gasteiger partial charge in [-0.05, 0) is 61.5 Å². The van der Waals surface area contributed by atoms with Crippen molar-refractivity contribution >= 4 is 51.1 Å². The Kier molecular flexibility index (Phi) is 6.04. The Hall–Kier alpha value is -2.15. The molecule has 1 aliphatic rings. The van der Waals surface area contributed by atoms with Crippen LogP contribution in [-0.4, -0.2) is 41.2 Å². The van der Waals surface area contributed by atoms with Gasteiger partial charge in [0.25, 0.3) is 0 Å². The molecule has 7 heteroatoms. The van der Waals surface area contributed by atoms with Gasteiger partial charge in [0.2, 0.25) is 0 Å². The van der Waals surface area contributed by atoms with Gasteiger partial charge in [0.05, 0.1) is 5.69 Å². The van der Waals surface area contributed by atoms with Gasteiger partial charge in [0.15, 0.2) is 10.2 Å². The largest absolute Gasteiger partial charge is 0.345 e. The molecule has 0 unspecified atom stereocenters. The molecule has 1 aromatic heterocycles. The van der Waals surface area contributed by atoms with Gasteiger partial charge in [-0.1, -0.05) is 29.8 Å². The first-order valence-electron chi connectivity index (χ1n) is 9.58. The Morgan fingerprint density at radius 2 is 1.69 bits per heavy atom. The number of hydrogen-bond donors (Lipinski definition) is 1. The molecule has 1 saturated heterocycles. The molecule has 1 aliphatic heterocycles. The summed E-state index contributed by atoms with van der Waals surface area (Å²) in [5.41, 5.74) is 5.62. The van der Waals surface area contributed by atoms with Crippen LogP contribution in [0.25, 0.3) is 11.3 Å². The van der Waals surface area contributed by atoms with Crippen molar-refractivity contribution in [3.05, 3.63) is 64.0 Å². The topological polar surface area (TPSA) is 31.4 Å². The summed E-state index contributed by atoms with van der Waals surface area (Å²) in [5, 5.41) is 8.09. The monoisotopic (exact) mass is 442 g/mol. The summed E-state index contributed by atoms with van der Waals surface area (Å²) in [4.78, 5) is 9.39. The molecule has 2 heterocycles. The van der Waals surface area contributed by atoms with Gasteiger partial charge >= 0.3 is 0 Å². The van der Waals surface area contributed by atoms with Crippen molar-refractivity contribution in [3.8, 4) is 11.3 Å². The number of aryl methyl sites for hydroxylation is 2. The molecule has 4 nitrogen and oxygen atoms in total. The molecule has 3 aromatic rings. The van der Waals surface area contributed by atoms with E-state index in [0.29, 0.717) is 0 Å². The van der Waals surface area contributed by atoms with Crippen molar-refractivity contribution in [2.24, 2.45) is 0 Å². The lowest BCUT2D eigenvalue weighted by Crippen LogP contribution is -2.50. The number of halogens is 1. The minimum atomic E-state index is 0.741.